The largest absolute Gasteiger partial charge is 0.458 e. The third-order valence-electron chi connectivity index (χ3n) is 9.37. The maximum Gasteiger partial charge on any atom is 0.303 e. The molecule has 0 aliphatic heterocycles. The third-order valence-corrected chi connectivity index (χ3v) is 9.37. The average Bonchev–Trinajstić information content (AvgIpc) is 2.88. The fourth-order valence-corrected chi connectivity index (χ4v) is 7.77. The van der Waals surface area contributed by atoms with Gasteiger partial charge < -0.3 is 9.84 Å². The zero-order valence-corrected chi connectivity index (χ0v) is 18.1. The molecule has 7 atom stereocenters. The van der Waals surface area contributed by atoms with Gasteiger partial charge >= 0.3 is 5.97 Å². The highest BCUT2D eigenvalue weighted by molar-refractivity contribution is 5.92. The van der Waals surface area contributed by atoms with Crippen molar-refractivity contribution in [3.05, 3.63) is 11.6 Å². The van der Waals surface area contributed by atoms with Crippen LogP contribution in [0, 0.1) is 34.5 Å². The van der Waals surface area contributed by atoms with Crippen molar-refractivity contribution in [2.24, 2.45) is 34.5 Å². The van der Waals surface area contributed by atoms with E-state index in [0.717, 1.165) is 38.5 Å². The van der Waals surface area contributed by atoms with Crippen molar-refractivity contribution in [1.82, 2.24) is 0 Å². The molecular weight excluding hydrogens is 368 g/mol. The predicted molar refractivity (Wildman–Crippen MR) is 108 cm³/mol. The Morgan fingerprint density at radius 2 is 1.90 bits per heavy atom. The molecule has 0 amide bonds. The topological polar surface area (TPSA) is 80.7 Å². The molecular formula is C24H34O5. The zero-order chi connectivity index (χ0) is 21.2. The van der Waals surface area contributed by atoms with Crippen LogP contribution < -0.4 is 0 Å². The van der Waals surface area contributed by atoms with Crippen molar-refractivity contribution in [3.8, 4) is 0 Å². The van der Waals surface area contributed by atoms with Crippen molar-refractivity contribution in [1.29, 1.82) is 0 Å². The lowest BCUT2D eigenvalue weighted by molar-refractivity contribution is -0.174. The first-order valence-corrected chi connectivity index (χ1v) is 11.2. The predicted octanol–water partition coefficient (Wildman–Crippen LogP) is 3.63. The minimum atomic E-state index is -1.45. The van der Waals surface area contributed by atoms with E-state index in [1.54, 1.807) is 0 Å². The fourth-order valence-electron chi connectivity index (χ4n) is 7.77. The number of allylic oxidation sites excluding steroid dienone is 1. The van der Waals surface area contributed by atoms with Crippen molar-refractivity contribution in [2.75, 3.05) is 6.61 Å². The Bertz CT molecular complexity index is 784. The molecule has 5 nitrogen and oxygen atoms in total. The maximum absolute atomic E-state index is 13.1. The van der Waals surface area contributed by atoms with E-state index in [0.29, 0.717) is 18.3 Å². The molecule has 1 N–H and O–H groups in total. The van der Waals surface area contributed by atoms with Crippen LogP contribution in [-0.2, 0) is 19.1 Å². The highest BCUT2D eigenvalue weighted by Crippen LogP contribution is 2.68. The number of hydrogen-bond donors (Lipinski definition) is 1. The molecule has 0 aromatic rings. The summed E-state index contributed by atoms with van der Waals surface area (Å²) in [6.07, 6.45) is 8.03. The minimum absolute atomic E-state index is 0.0733. The molecule has 0 bridgehead atoms. The number of rotatable bonds is 3. The van der Waals surface area contributed by atoms with Gasteiger partial charge in [0.1, 0.15) is 5.60 Å². The van der Waals surface area contributed by atoms with Gasteiger partial charge in [0.2, 0.25) is 5.78 Å². The molecule has 0 heterocycles. The van der Waals surface area contributed by atoms with Crippen LogP contribution in [0.4, 0.5) is 0 Å². The van der Waals surface area contributed by atoms with Gasteiger partial charge in [-0.05, 0) is 73.7 Å². The van der Waals surface area contributed by atoms with Gasteiger partial charge in [-0.3, -0.25) is 14.4 Å². The highest BCUT2D eigenvalue weighted by atomic mass is 16.5. The highest BCUT2D eigenvalue weighted by Gasteiger charge is 2.68. The molecule has 4 aliphatic rings. The molecule has 4 rings (SSSR count). The molecule has 160 valence electrons. The number of esters is 1. The fraction of sp³-hybridized carbons (Fsp3) is 0.792. The summed E-state index contributed by atoms with van der Waals surface area (Å²) in [7, 11) is 0. The Balaban J connectivity index is 1.64. The number of carbonyl (C=O) groups is 3. The van der Waals surface area contributed by atoms with Gasteiger partial charge in [0.15, 0.2) is 12.4 Å². The quantitative estimate of drug-likeness (QED) is 0.729. The standard InChI is InChI=1S/C24H34O5/c1-14-11-20-18-6-5-16-12-17(26)7-9-22(16,3)19(18)8-10-23(20,4)24(14,28)21(27)13-29-15(2)25/h12,14,18-20,28H,5-11,13H2,1-4H3/t14?,18-,19+,20+,22+,23+,24+/m1/s1. The lowest BCUT2D eigenvalue weighted by Crippen LogP contribution is -2.59. The molecule has 29 heavy (non-hydrogen) atoms. The molecule has 1 unspecified atom stereocenters. The van der Waals surface area contributed by atoms with Gasteiger partial charge in [0.25, 0.3) is 0 Å². The van der Waals surface area contributed by atoms with Gasteiger partial charge in [-0.15, -0.1) is 0 Å². The number of hydrogen-bond acceptors (Lipinski definition) is 5. The van der Waals surface area contributed by atoms with Crippen molar-refractivity contribution in [2.45, 2.75) is 78.2 Å². The van der Waals surface area contributed by atoms with Crippen LogP contribution in [0.3, 0.4) is 0 Å². The summed E-state index contributed by atoms with van der Waals surface area (Å²) in [5.74, 6) is 0.500. The molecule has 4 aliphatic carbocycles. The summed E-state index contributed by atoms with van der Waals surface area (Å²) in [6.45, 7) is 7.33. The molecule has 0 aromatic heterocycles. The monoisotopic (exact) mass is 402 g/mol. The Hall–Kier alpha value is -1.49. The molecule has 0 aromatic carbocycles. The summed E-state index contributed by atoms with van der Waals surface area (Å²) in [5.41, 5.74) is -0.542. The second kappa shape index (κ2) is 6.76. The number of aliphatic hydroxyl groups is 1. The second-order valence-electron chi connectivity index (χ2n) is 10.5. The molecule has 0 saturated heterocycles. The number of carbonyl (C=O) groups excluding carboxylic acids is 3. The van der Waals surface area contributed by atoms with Crippen LogP contribution in [0.2, 0.25) is 0 Å². The summed E-state index contributed by atoms with van der Waals surface area (Å²) in [5, 5.41) is 11.7. The normalized spacial score (nSPS) is 46.2. The van der Waals surface area contributed by atoms with Gasteiger partial charge in [0, 0.05) is 18.8 Å². The van der Waals surface area contributed by atoms with Gasteiger partial charge in [-0.25, -0.2) is 0 Å². The number of ether oxygens (including phenoxy) is 1. The van der Waals surface area contributed by atoms with E-state index >= 15 is 0 Å². The molecule has 3 saturated carbocycles. The van der Waals surface area contributed by atoms with E-state index in [9.17, 15) is 19.5 Å². The minimum Gasteiger partial charge on any atom is -0.458 e. The van der Waals surface area contributed by atoms with E-state index < -0.39 is 17.0 Å². The van der Waals surface area contributed by atoms with E-state index in [4.69, 9.17) is 4.74 Å². The van der Waals surface area contributed by atoms with E-state index in [-0.39, 0.29) is 35.4 Å². The summed E-state index contributed by atoms with van der Waals surface area (Å²) >= 11 is 0. The van der Waals surface area contributed by atoms with Crippen LogP contribution in [0.5, 0.6) is 0 Å². The second-order valence-corrected chi connectivity index (χ2v) is 10.5. The summed E-state index contributed by atoms with van der Waals surface area (Å²) < 4.78 is 4.97. The molecule has 0 spiro atoms. The molecule has 5 heteroatoms. The lowest BCUT2D eigenvalue weighted by Gasteiger charge is -2.59. The number of Topliss-reactive ketones (excluding diaryl/α,β-unsaturated/α-hetero) is 1. The summed E-state index contributed by atoms with van der Waals surface area (Å²) in [6, 6.07) is 0. The van der Waals surface area contributed by atoms with E-state index in [2.05, 4.69) is 13.8 Å². The van der Waals surface area contributed by atoms with Gasteiger partial charge in [-0.2, -0.15) is 0 Å². The first kappa shape index (κ1) is 20.8. The average molecular weight is 403 g/mol. The SMILES string of the molecule is CC(=O)OCC(=O)[C@@]1(O)C(C)C[C@H]2[C@@H]3CCC4=CC(=O)CC[C@]4(C)[C@H]3CC[C@@]21C. The maximum atomic E-state index is 13.1. The Morgan fingerprint density at radius 1 is 1.17 bits per heavy atom. The molecule has 0 radical (unpaired) electrons. The summed E-state index contributed by atoms with van der Waals surface area (Å²) in [4.78, 5) is 36.2. The number of ketones is 2. The van der Waals surface area contributed by atoms with Crippen molar-refractivity contribution >= 4 is 17.5 Å². The van der Waals surface area contributed by atoms with Crippen LogP contribution in [-0.4, -0.2) is 34.9 Å². The van der Waals surface area contributed by atoms with Crippen LogP contribution in [0.1, 0.15) is 72.6 Å². The van der Waals surface area contributed by atoms with Crippen LogP contribution >= 0.6 is 0 Å². The Morgan fingerprint density at radius 3 is 2.59 bits per heavy atom. The first-order valence-electron chi connectivity index (χ1n) is 11.2. The number of fused-ring (bicyclic) bond motifs is 5. The first-order chi connectivity index (χ1) is 13.5. The van der Waals surface area contributed by atoms with E-state index in [1.807, 2.05) is 13.0 Å². The smallest absolute Gasteiger partial charge is 0.303 e. The zero-order valence-electron chi connectivity index (χ0n) is 18.1. The van der Waals surface area contributed by atoms with Crippen LogP contribution in [0.15, 0.2) is 11.6 Å². The Labute approximate surface area is 173 Å². The Kier molecular flexibility index (Phi) is 4.84. The lowest BCUT2D eigenvalue weighted by atomic mass is 9.46. The van der Waals surface area contributed by atoms with Gasteiger partial charge in [0.05, 0.1) is 0 Å². The van der Waals surface area contributed by atoms with Crippen molar-refractivity contribution in [3.63, 3.8) is 0 Å². The van der Waals surface area contributed by atoms with Crippen LogP contribution in [0.25, 0.3) is 0 Å². The third kappa shape index (κ3) is 2.79. The van der Waals surface area contributed by atoms with Gasteiger partial charge in [-0.1, -0.05) is 26.3 Å². The molecule has 3 fully saturated rings. The van der Waals surface area contributed by atoms with Crippen molar-refractivity contribution < 1.29 is 24.2 Å². The van der Waals surface area contributed by atoms with E-state index in [1.165, 1.54) is 12.5 Å².